The van der Waals surface area contributed by atoms with Crippen LogP contribution in [0.15, 0.2) is 0 Å². The average Bonchev–Trinajstić information content (AvgIpc) is 2.47. The molecule has 0 bridgehead atoms. The van der Waals surface area contributed by atoms with Crippen molar-refractivity contribution in [1.82, 2.24) is 14.9 Å². The van der Waals surface area contributed by atoms with Crippen LogP contribution in [0.25, 0.3) is 0 Å². The molecular formula is C9H12N4O. The molecule has 1 aromatic heterocycles. The van der Waals surface area contributed by atoms with Crippen LogP contribution in [-0.2, 0) is 13.1 Å². The third kappa shape index (κ3) is 1.30. The molecule has 0 saturated heterocycles. The maximum absolute atomic E-state index is 11.0. The minimum Gasteiger partial charge on any atom is -0.351 e. The fraction of sp³-hybridized carbons (Fsp3) is 0.444. The maximum atomic E-state index is 11.0. The van der Waals surface area contributed by atoms with E-state index < -0.39 is 6.03 Å². The number of hydrogen-bond donors (Lipinski definition) is 1. The molecule has 0 spiro atoms. The molecule has 2 amide bonds. The summed E-state index contributed by atoms with van der Waals surface area (Å²) in [6.07, 6.45) is 0. The highest BCUT2D eigenvalue weighted by molar-refractivity contribution is 5.72. The Morgan fingerprint density at radius 3 is 2.71 bits per heavy atom. The SMILES string of the molecule is Cc1nc(C)c2c(n1)CN(C(N)=O)C2. The van der Waals surface area contributed by atoms with E-state index in [0.29, 0.717) is 13.1 Å². The number of amides is 2. The van der Waals surface area contributed by atoms with Gasteiger partial charge >= 0.3 is 6.03 Å². The summed E-state index contributed by atoms with van der Waals surface area (Å²) in [5.74, 6) is 0.743. The van der Waals surface area contributed by atoms with Crippen LogP contribution in [0.5, 0.6) is 0 Å². The van der Waals surface area contributed by atoms with Crippen molar-refractivity contribution in [2.75, 3.05) is 0 Å². The van der Waals surface area contributed by atoms with Crippen LogP contribution in [-0.4, -0.2) is 20.9 Å². The predicted molar refractivity (Wildman–Crippen MR) is 50.3 cm³/mol. The Hall–Kier alpha value is -1.65. The maximum Gasteiger partial charge on any atom is 0.315 e. The number of nitrogens with two attached hydrogens (primary N) is 1. The number of aryl methyl sites for hydroxylation is 2. The van der Waals surface area contributed by atoms with Gasteiger partial charge in [-0.15, -0.1) is 0 Å². The number of urea groups is 1. The highest BCUT2D eigenvalue weighted by atomic mass is 16.2. The second kappa shape index (κ2) is 2.94. The smallest absolute Gasteiger partial charge is 0.315 e. The summed E-state index contributed by atoms with van der Waals surface area (Å²) in [5, 5.41) is 0. The van der Waals surface area contributed by atoms with Crippen molar-refractivity contribution < 1.29 is 4.79 Å². The minimum absolute atomic E-state index is 0.403. The number of hydrogen-bond acceptors (Lipinski definition) is 3. The molecule has 0 aliphatic carbocycles. The Bertz CT molecular complexity index is 402. The molecule has 5 nitrogen and oxygen atoms in total. The summed E-state index contributed by atoms with van der Waals surface area (Å²) in [5.41, 5.74) is 8.11. The normalized spacial score (nSPS) is 14.3. The molecule has 0 aromatic carbocycles. The molecule has 2 N–H and O–H groups in total. The van der Waals surface area contributed by atoms with Gasteiger partial charge in [-0.1, -0.05) is 0 Å². The first-order valence-corrected chi connectivity index (χ1v) is 4.45. The Labute approximate surface area is 82.0 Å². The van der Waals surface area contributed by atoms with Crippen molar-refractivity contribution in [2.45, 2.75) is 26.9 Å². The Morgan fingerprint density at radius 2 is 2.07 bits per heavy atom. The van der Waals surface area contributed by atoms with E-state index in [1.807, 2.05) is 13.8 Å². The van der Waals surface area contributed by atoms with Crippen molar-refractivity contribution in [2.24, 2.45) is 5.73 Å². The summed E-state index contributed by atoms with van der Waals surface area (Å²) in [6, 6.07) is -0.403. The number of carbonyl (C=O) groups is 1. The Balaban J connectivity index is 2.39. The van der Waals surface area contributed by atoms with Crippen LogP contribution in [0.2, 0.25) is 0 Å². The first-order valence-electron chi connectivity index (χ1n) is 4.45. The van der Waals surface area contributed by atoms with Crippen molar-refractivity contribution in [3.63, 3.8) is 0 Å². The molecule has 74 valence electrons. The van der Waals surface area contributed by atoms with Gasteiger partial charge in [-0.2, -0.15) is 0 Å². The number of rotatable bonds is 0. The van der Waals surface area contributed by atoms with Crippen LogP contribution < -0.4 is 5.73 Å². The number of nitrogens with zero attached hydrogens (tertiary/aromatic N) is 3. The van der Waals surface area contributed by atoms with E-state index in [4.69, 9.17) is 5.73 Å². The number of carbonyl (C=O) groups excluding carboxylic acids is 1. The number of aromatic nitrogens is 2. The lowest BCUT2D eigenvalue weighted by Crippen LogP contribution is -2.30. The van der Waals surface area contributed by atoms with E-state index >= 15 is 0 Å². The highest BCUT2D eigenvalue weighted by Crippen LogP contribution is 2.22. The Kier molecular flexibility index (Phi) is 1.87. The van der Waals surface area contributed by atoms with Crippen molar-refractivity contribution in [3.05, 3.63) is 22.8 Å². The zero-order valence-electron chi connectivity index (χ0n) is 8.24. The summed E-state index contributed by atoms with van der Waals surface area (Å²) in [7, 11) is 0. The third-order valence-corrected chi connectivity index (χ3v) is 2.41. The van der Waals surface area contributed by atoms with E-state index in [1.54, 1.807) is 4.90 Å². The topological polar surface area (TPSA) is 72.1 Å². The molecule has 14 heavy (non-hydrogen) atoms. The van der Waals surface area contributed by atoms with E-state index in [0.717, 1.165) is 22.8 Å². The standard InChI is InChI=1S/C9H12N4O/c1-5-7-3-13(9(10)14)4-8(7)12-6(2)11-5/h3-4H2,1-2H3,(H2,10,14). The largest absolute Gasteiger partial charge is 0.351 e. The highest BCUT2D eigenvalue weighted by Gasteiger charge is 2.24. The summed E-state index contributed by atoms with van der Waals surface area (Å²) >= 11 is 0. The predicted octanol–water partition coefficient (Wildman–Crippen LogP) is 0.488. The zero-order valence-corrected chi connectivity index (χ0v) is 8.24. The van der Waals surface area contributed by atoms with Gasteiger partial charge in [0.15, 0.2) is 0 Å². The zero-order chi connectivity index (χ0) is 10.3. The summed E-state index contributed by atoms with van der Waals surface area (Å²) < 4.78 is 0. The Morgan fingerprint density at radius 1 is 1.36 bits per heavy atom. The molecule has 0 saturated carbocycles. The lowest BCUT2D eigenvalue weighted by Gasteiger charge is -2.09. The van der Waals surface area contributed by atoms with Gasteiger partial charge in [0.1, 0.15) is 5.82 Å². The lowest BCUT2D eigenvalue weighted by molar-refractivity contribution is 0.208. The van der Waals surface area contributed by atoms with Gasteiger partial charge in [0.05, 0.1) is 18.8 Å². The van der Waals surface area contributed by atoms with E-state index in [-0.39, 0.29) is 0 Å². The molecule has 1 aliphatic heterocycles. The molecule has 1 aliphatic rings. The number of fused-ring (bicyclic) bond motifs is 1. The van der Waals surface area contributed by atoms with Gasteiger partial charge in [0.2, 0.25) is 0 Å². The molecule has 0 atom stereocenters. The van der Waals surface area contributed by atoms with Gasteiger partial charge < -0.3 is 10.6 Å². The van der Waals surface area contributed by atoms with Crippen LogP contribution >= 0.6 is 0 Å². The second-order valence-corrected chi connectivity index (χ2v) is 3.48. The molecule has 1 aromatic rings. The molecule has 0 unspecified atom stereocenters. The molecule has 0 radical (unpaired) electrons. The van der Waals surface area contributed by atoms with Crippen LogP contribution in [0.1, 0.15) is 22.8 Å². The van der Waals surface area contributed by atoms with Crippen molar-refractivity contribution in [1.29, 1.82) is 0 Å². The first kappa shape index (κ1) is 8.93. The van der Waals surface area contributed by atoms with Gasteiger partial charge in [-0.25, -0.2) is 14.8 Å². The monoisotopic (exact) mass is 192 g/mol. The number of primary amides is 1. The van der Waals surface area contributed by atoms with E-state index in [2.05, 4.69) is 9.97 Å². The average molecular weight is 192 g/mol. The fourth-order valence-corrected chi connectivity index (χ4v) is 1.73. The lowest BCUT2D eigenvalue weighted by atomic mass is 10.2. The van der Waals surface area contributed by atoms with E-state index in [1.165, 1.54) is 0 Å². The molecular weight excluding hydrogens is 180 g/mol. The molecule has 5 heteroatoms. The van der Waals surface area contributed by atoms with Crippen molar-refractivity contribution in [3.8, 4) is 0 Å². The van der Waals surface area contributed by atoms with Gasteiger partial charge in [0.25, 0.3) is 0 Å². The molecule has 2 rings (SSSR count). The van der Waals surface area contributed by atoms with Gasteiger partial charge in [-0.3, -0.25) is 0 Å². The second-order valence-electron chi connectivity index (χ2n) is 3.48. The fourth-order valence-electron chi connectivity index (χ4n) is 1.73. The van der Waals surface area contributed by atoms with E-state index in [9.17, 15) is 4.79 Å². The summed E-state index contributed by atoms with van der Waals surface area (Å²) in [6.45, 7) is 4.82. The van der Waals surface area contributed by atoms with Gasteiger partial charge in [0, 0.05) is 11.3 Å². The van der Waals surface area contributed by atoms with Crippen LogP contribution in [0.4, 0.5) is 4.79 Å². The van der Waals surface area contributed by atoms with Gasteiger partial charge in [-0.05, 0) is 13.8 Å². The minimum atomic E-state index is -0.403. The van der Waals surface area contributed by atoms with Crippen LogP contribution in [0.3, 0.4) is 0 Å². The molecule has 2 heterocycles. The summed E-state index contributed by atoms with van der Waals surface area (Å²) in [4.78, 5) is 21.1. The third-order valence-electron chi connectivity index (χ3n) is 2.41. The molecule has 0 fully saturated rings. The van der Waals surface area contributed by atoms with Crippen LogP contribution in [0, 0.1) is 13.8 Å². The van der Waals surface area contributed by atoms with Crippen molar-refractivity contribution >= 4 is 6.03 Å². The first-order chi connectivity index (χ1) is 6.58. The quantitative estimate of drug-likeness (QED) is 0.650.